The average Bonchev–Trinajstić information content (AvgIpc) is 2.33. The molecule has 0 unspecified atom stereocenters. The number of nitrogens with two attached hydrogens (primary N) is 1. The van der Waals surface area contributed by atoms with E-state index in [1.807, 2.05) is 24.3 Å². The fourth-order valence-electron chi connectivity index (χ4n) is 1.71. The number of allylic oxidation sites excluding steroid dienone is 4. The summed E-state index contributed by atoms with van der Waals surface area (Å²) in [6.45, 7) is 4.05. The van der Waals surface area contributed by atoms with Gasteiger partial charge in [-0.25, -0.2) is 0 Å². The normalized spacial score (nSPS) is 14.4. The third-order valence-corrected chi connectivity index (χ3v) is 2.65. The molecule has 0 heterocycles. The molecule has 1 aliphatic rings. The Labute approximate surface area is 96.2 Å². The van der Waals surface area contributed by atoms with Gasteiger partial charge in [0, 0.05) is 5.70 Å². The van der Waals surface area contributed by atoms with Crippen LogP contribution >= 0.6 is 0 Å². The summed E-state index contributed by atoms with van der Waals surface area (Å²) >= 11 is 0. The van der Waals surface area contributed by atoms with Gasteiger partial charge in [-0.05, 0) is 30.5 Å². The van der Waals surface area contributed by atoms with Crippen molar-refractivity contribution in [1.82, 2.24) is 0 Å². The Morgan fingerprint density at radius 3 is 2.81 bits per heavy atom. The van der Waals surface area contributed by atoms with E-state index in [9.17, 15) is 0 Å². The molecule has 0 amide bonds. The van der Waals surface area contributed by atoms with Gasteiger partial charge in [-0.3, -0.25) is 0 Å². The molecule has 2 heteroatoms. The van der Waals surface area contributed by atoms with Crippen LogP contribution in [-0.2, 0) is 0 Å². The number of hydrogen-bond donors (Lipinski definition) is 2. The maximum atomic E-state index is 5.86. The first-order valence-corrected chi connectivity index (χ1v) is 5.44. The molecule has 0 atom stereocenters. The number of nitrogen functional groups attached to an aromatic ring is 1. The summed E-state index contributed by atoms with van der Waals surface area (Å²) in [5.41, 5.74) is 9.70. The predicted octanol–water partition coefficient (Wildman–Crippen LogP) is 3.47. The molecular weight excluding hydrogens is 196 g/mol. The minimum Gasteiger partial charge on any atom is -0.397 e. The molecule has 0 fully saturated rings. The van der Waals surface area contributed by atoms with Crippen LogP contribution in [0.1, 0.15) is 12.8 Å². The topological polar surface area (TPSA) is 38.0 Å². The summed E-state index contributed by atoms with van der Waals surface area (Å²) in [6, 6.07) is 7.72. The minimum atomic E-state index is 0.746. The van der Waals surface area contributed by atoms with E-state index in [0.717, 1.165) is 29.9 Å². The highest BCUT2D eigenvalue weighted by atomic mass is 14.9. The molecule has 16 heavy (non-hydrogen) atoms. The van der Waals surface area contributed by atoms with Crippen LogP contribution in [-0.4, -0.2) is 0 Å². The Bertz CT molecular complexity index is 456. The molecule has 0 aliphatic heterocycles. The largest absolute Gasteiger partial charge is 0.397 e. The number of benzene rings is 1. The SMILES string of the molecule is C=C(Nc1ccccc1N)C1=CC=CCC1. The van der Waals surface area contributed by atoms with Gasteiger partial charge in [0.1, 0.15) is 0 Å². The molecule has 2 rings (SSSR count). The molecule has 1 aromatic carbocycles. The molecule has 0 saturated heterocycles. The zero-order valence-electron chi connectivity index (χ0n) is 9.24. The van der Waals surface area contributed by atoms with Gasteiger partial charge in [0.25, 0.3) is 0 Å². The molecule has 3 N–H and O–H groups in total. The summed E-state index contributed by atoms with van der Waals surface area (Å²) in [7, 11) is 0. The molecule has 1 aromatic rings. The zero-order valence-corrected chi connectivity index (χ0v) is 9.24. The molecule has 0 saturated carbocycles. The molecule has 0 spiro atoms. The van der Waals surface area contributed by atoms with E-state index in [-0.39, 0.29) is 0 Å². The lowest BCUT2D eigenvalue weighted by atomic mass is 10.0. The monoisotopic (exact) mass is 212 g/mol. The fourth-order valence-corrected chi connectivity index (χ4v) is 1.71. The Kier molecular flexibility index (Phi) is 3.10. The van der Waals surface area contributed by atoms with Crippen LogP contribution in [0.5, 0.6) is 0 Å². The maximum Gasteiger partial charge on any atom is 0.0617 e. The van der Waals surface area contributed by atoms with Crippen molar-refractivity contribution in [3.63, 3.8) is 0 Å². The summed E-state index contributed by atoms with van der Waals surface area (Å²) in [5.74, 6) is 0. The third kappa shape index (κ3) is 2.34. The molecule has 0 bridgehead atoms. The third-order valence-electron chi connectivity index (χ3n) is 2.65. The van der Waals surface area contributed by atoms with Crippen molar-refractivity contribution < 1.29 is 0 Å². The molecule has 0 aromatic heterocycles. The van der Waals surface area contributed by atoms with Crippen LogP contribution in [0.4, 0.5) is 11.4 Å². The van der Waals surface area contributed by atoms with E-state index in [0.29, 0.717) is 0 Å². The molecule has 82 valence electrons. The number of anilines is 2. The first-order valence-electron chi connectivity index (χ1n) is 5.44. The predicted molar refractivity (Wildman–Crippen MR) is 70.1 cm³/mol. The smallest absolute Gasteiger partial charge is 0.0617 e. The second-order valence-electron chi connectivity index (χ2n) is 3.85. The summed E-state index contributed by atoms with van der Waals surface area (Å²) < 4.78 is 0. The van der Waals surface area contributed by atoms with Crippen LogP contribution in [0.25, 0.3) is 0 Å². The van der Waals surface area contributed by atoms with Crippen LogP contribution in [0, 0.1) is 0 Å². The Balaban J connectivity index is 2.11. The van der Waals surface area contributed by atoms with Crippen molar-refractivity contribution in [2.45, 2.75) is 12.8 Å². The van der Waals surface area contributed by atoms with Gasteiger partial charge in [-0.15, -0.1) is 0 Å². The lowest BCUT2D eigenvalue weighted by Crippen LogP contribution is -2.04. The van der Waals surface area contributed by atoms with E-state index in [2.05, 4.69) is 30.1 Å². The van der Waals surface area contributed by atoms with Crippen molar-refractivity contribution >= 4 is 11.4 Å². The average molecular weight is 212 g/mol. The van der Waals surface area contributed by atoms with E-state index < -0.39 is 0 Å². The summed E-state index contributed by atoms with van der Waals surface area (Å²) in [5, 5.41) is 3.26. The number of rotatable bonds is 3. The molecular formula is C14H16N2. The fraction of sp³-hybridized carbons (Fsp3) is 0.143. The summed E-state index contributed by atoms with van der Waals surface area (Å²) in [4.78, 5) is 0. The van der Waals surface area contributed by atoms with Crippen molar-refractivity contribution in [3.8, 4) is 0 Å². The van der Waals surface area contributed by atoms with Crippen LogP contribution in [0.15, 0.2) is 60.3 Å². The standard InChI is InChI=1S/C14H16N2/c1-11(12-7-3-2-4-8-12)16-14-10-6-5-9-13(14)15/h2-3,5-7,9-10,16H,1,4,8,15H2. The highest BCUT2D eigenvalue weighted by Crippen LogP contribution is 2.24. The molecule has 2 nitrogen and oxygen atoms in total. The zero-order chi connectivity index (χ0) is 11.4. The second-order valence-corrected chi connectivity index (χ2v) is 3.85. The van der Waals surface area contributed by atoms with E-state index >= 15 is 0 Å². The Morgan fingerprint density at radius 2 is 2.12 bits per heavy atom. The van der Waals surface area contributed by atoms with E-state index in [1.54, 1.807) is 0 Å². The van der Waals surface area contributed by atoms with Gasteiger partial charge >= 0.3 is 0 Å². The number of para-hydroxylation sites is 2. The van der Waals surface area contributed by atoms with Gasteiger partial charge in [-0.1, -0.05) is 36.9 Å². The van der Waals surface area contributed by atoms with Gasteiger partial charge in [-0.2, -0.15) is 0 Å². The van der Waals surface area contributed by atoms with Crippen LogP contribution in [0.3, 0.4) is 0 Å². The second kappa shape index (κ2) is 4.71. The quantitative estimate of drug-likeness (QED) is 0.753. The summed E-state index contributed by atoms with van der Waals surface area (Å²) in [6.07, 6.45) is 8.44. The van der Waals surface area contributed by atoms with Gasteiger partial charge in [0.05, 0.1) is 11.4 Å². The lowest BCUT2D eigenvalue weighted by Gasteiger charge is -2.15. The highest BCUT2D eigenvalue weighted by molar-refractivity contribution is 5.69. The Hall–Kier alpha value is -1.96. The van der Waals surface area contributed by atoms with Crippen LogP contribution in [0.2, 0.25) is 0 Å². The highest BCUT2D eigenvalue weighted by Gasteiger charge is 2.05. The number of hydrogen-bond acceptors (Lipinski definition) is 2. The van der Waals surface area contributed by atoms with Crippen molar-refractivity contribution in [2.24, 2.45) is 0 Å². The van der Waals surface area contributed by atoms with E-state index in [4.69, 9.17) is 5.73 Å². The lowest BCUT2D eigenvalue weighted by molar-refractivity contribution is 0.972. The van der Waals surface area contributed by atoms with Crippen LogP contribution < -0.4 is 11.1 Å². The van der Waals surface area contributed by atoms with Gasteiger partial charge < -0.3 is 11.1 Å². The Morgan fingerprint density at radius 1 is 1.31 bits per heavy atom. The minimum absolute atomic E-state index is 0.746. The van der Waals surface area contributed by atoms with Crippen molar-refractivity contribution in [1.29, 1.82) is 0 Å². The van der Waals surface area contributed by atoms with Gasteiger partial charge in [0.15, 0.2) is 0 Å². The molecule has 0 radical (unpaired) electrons. The first kappa shape index (κ1) is 10.6. The maximum absolute atomic E-state index is 5.86. The number of nitrogens with one attached hydrogen (secondary N) is 1. The first-order chi connectivity index (χ1) is 7.77. The molecule has 1 aliphatic carbocycles. The van der Waals surface area contributed by atoms with Crippen molar-refractivity contribution in [2.75, 3.05) is 11.1 Å². The van der Waals surface area contributed by atoms with E-state index in [1.165, 1.54) is 5.57 Å². The van der Waals surface area contributed by atoms with Crippen molar-refractivity contribution in [3.05, 3.63) is 60.3 Å². The van der Waals surface area contributed by atoms with Gasteiger partial charge in [0.2, 0.25) is 0 Å².